The van der Waals surface area contributed by atoms with Crippen LogP contribution in [0.3, 0.4) is 0 Å². The minimum atomic E-state index is -4.70. The van der Waals surface area contributed by atoms with Crippen LogP contribution in [0.25, 0.3) is 0 Å². The zero-order valence-corrected chi connectivity index (χ0v) is 10.3. The molecule has 0 spiro atoms. The molecule has 1 atom stereocenters. The Labute approximate surface area is 113 Å². The van der Waals surface area contributed by atoms with Gasteiger partial charge < -0.3 is 9.84 Å². The molecule has 0 aliphatic heterocycles. The van der Waals surface area contributed by atoms with Crippen molar-refractivity contribution in [3.05, 3.63) is 59.8 Å². The van der Waals surface area contributed by atoms with Crippen LogP contribution in [0.4, 0.5) is 13.2 Å². The van der Waals surface area contributed by atoms with E-state index < -0.39 is 12.3 Å². The second-order valence-corrected chi connectivity index (χ2v) is 4.15. The Balaban J connectivity index is 1.98. The van der Waals surface area contributed by atoms with Crippen molar-refractivity contribution in [1.29, 1.82) is 0 Å². The number of aliphatic hydroxyl groups excluding tert-OH is 1. The van der Waals surface area contributed by atoms with Gasteiger partial charge in [0, 0.05) is 17.8 Å². The molecule has 0 fully saturated rings. The molecule has 0 saturated carbocycles. The van der Waals surface area contributed by atoms with Gasteiger partial charge in [0.15, 0.2) is 6.10 Å². The smallest absolute Gasteiger partial charge is 0.418 e. The quantitative estimate of drug-likeness (QED) is 0.936. The fourth-order valence-electron chi connectivity index (χ4n) is 1.56. The monoisotopic (exact) mass is 283 g/mol. The van der Waals surface area contributed by atoms with Crippen molar-refractivity contribution in [3.8, 4) is 5.88 Å². The average molecular weight is 283 g/mol. The molecule has 0 amide bonds. The lowest BCUT2D eigenvalue weighted by atomic mass is 10.1. The van der Waals surface area contributed by atoms with Crippen molar-refractivity contribution in [2.24, 2.45) is 0 Å². The molecule has 1 N–H and O–H groups in total. The molecule has 3 nitrogen and oxygen atoms in total. The average Bonchev–Trinajstić information content (AvgIpc) is 2.45. The third kappa shape index (κ3) is 3.71. The van der Waals surface area contributed by atoms with Gasteiger partial charge in [-0.2, -0.15) is 13.2 Å². The lowest BCUT2D eigenvalue weighted by molar-refractivity contribution is -0.206. The summed E-state index contributed by atoms with van der Waals surface area (Å²) in [5, 5.41) is 9.05. The summed E-state index contributed by atoms with van der Waals surface area (Å²) in [7, 11) is 0. The maximum absolute atomic E-state index is 12.3. The number of aromatic nitrogens is 1. The van der Waals surface area contributed by atoms with Gasteiger partial charge in [-0.05, 0) is 11.6 Å². The van der Waals surface area contributed by atoms with E-state index in [2.05, 4.69) is 4.98 Å². The van der Waals surface area contributed by atoms with E-state index in [1.165, 1.54) is 6.07 Å². The van der Waals surface area contributed by atoms with E-state index in [0.717, 1.165) is 17.8 Å². The summed E-state index contributed by atoms with van der Waals surface area (Å²) in [5.41, 5.74) is 0.610. The molecule has 0 bridgehead atoms. The van der Waals surface area contributed by atoms with Gasteiger partial charge in [0.25, 0.3) is 0 Å². The summed E-state index contributed by atoms with van der Waals surface area (Å²) < 4.78 is 42.2. The predicted molar refractivity (Wildman–Crippen MR) is 66.0 cm³/mol. The van der Waals surface area contributed by atoms with E-state index in [1.54, 1.807) is 0 Å². The Hall–Kier alpha value is -2.08. The SMILES string of the molecule is O[C@H](c1ccc(OCc2ccccc2)nc1)C(F)(F)F. The Kier molecular flexibility index (Phi) is 4.24. The minimum absolute atomic E-state index is 0.201. The van der Waals surface area contributed by atoms with Gasteiger partial charge in [0.05, 0.1) is 0 Å². The molecule has 1 aromatic carbocycles. The maximum Gasteiger partial charge on any atom is 0.418 e. The Morgan fingerprint density at radius 3 is 2.35 bits per heavy atom. The van der Waals surface area contributed by atoms with Gasteiger partial charge in [-0.1, -0.05) is 30.3 Å². The minimum Gasteiger partial charge on any atom is -0.473 e. The summed E-state index contributed by atoms with van der Waals surface area (Å²) in [6.07, 6.45) is -6.27. The topological polar surface area (TPSA) is 42.4 Å². The highest BCUT2D eigenvalue weighted by atomic mass is 19.4. The summed E-state index contributed by atoms with van der Waals surface area (Å²) >= 11 is 0. The first kappa shape index (κ1) is 14.3. The van der Waals surface area contributed by atoms with Crippen LogP contribution in [-0.2, 0) is 6.61 Å². The number of nitrogens with zero attached hydrogens (tertiary/aromatic N) is 1. The molecule has 6 heteroatoms. The lowest BCUT2D eigenvalue weighted by Gasteiger charge is -2.14. The molecular formula is C14H12F3NO2. The normalized spacial score (nSPS) is 13.0. The molecule has 1 aromatic heterocycles. The maximum atomic E-state index is 12.3. The fraction of sp³-hybridized carbons (Fsp3) is 0.214. The first-order valence-electron chi connectivity index (χ1n) is 5.84. The molecule has 106 valence electrons. The van der Waals surface area contributed by atoms with E-state index in [4.69, 9.17) is 9.84 Å². The number of alkyl halides is 3. The summed E-state index contributed by atoms with van der Waals surface area (Å²) in [4.78, 5) is 3.75. The highest BCUT2D eigenvalue weighted by Crippen LogP contribution is 2.32. The van der Waals surface area contributed by atoms with Crippen LogP contribution in [0, 0.1) is 0 Å². The predicted octanol–water partition coefficient (Wildman–Crippen LogP) is 3.26. The van der Waals surface area contributed by atoms with Crippen LogP contribution in [0.2, 0.25) is 0 Å². The van der Waals surface area contributed by atoms with Crippen LogP contribution < -0.4 is 4.74 Å². The molecular weight excluding hydrogens is 271 g/mol. The number of ether oxygens (including phenoxy) is 1. The Morgan fingerprint density at radius 1 is 1.10 bits per heavy atom. The van der Waals surface area contributed by atoms with E-state index in [9.17, 15) is 13.2 Å². The van der Waals surface area contributed by atoms with Crippen molar-refractivity contribution in [3.63, 3.8) is 0 Å². The van der Waals surface area contributed by atoms with Crippen LogP contribution in [-0.4, -0.2) is 16.3 Å². The zero-order chi connectivity index (χ0) is 14.6. The number of benzene rings is 1. The van der Waals surface area contributed by atoms with Gasteiger partial charge >= 0.3 is 6.18 Å². The van der Waals surface area contributed by atoms with Gasteiger partial charge in [-0.25, -0.2) is 4.98 Å². The lowest BCUT2D eigenvalue weighted by Crippen LogP contribution is -2.20. The third-order valence-electron chi connectivity index (χ3n) is 2.61. The number of pyridine rings is 1. The van der Waals surface area contributed by atoms with E-state index >= 15 is 0 Å². The molecule has 0 unspecified atom stereocenters. The zero-order valence-electron chi connectivity index (χ0n) is 10.3. The Bertz CT molecular complexity index is 541. The molecule has 2 rings (SSSR count). The molecule has 2 aromatic rings. The van der Waals surface area contributed by atoms with Crippen molar-refractivity contribution < 1.29 is 23.0 Å². The summed E-state index contributed by atoms with van der Waals surface area (Å²) in [5.74, 6) is 0.201. The van der Waals surface area contributed by atoms with Crippen LogP contribution >= 0.6 is 0 Å². The summed E-state index contributed by atoms with van der Waals surface area (Å²) in [6, 6.07) is 11.8. The van der Waals surface area contributed by atoms with Crippen molar-refractivity contribution in [2.75, 3.05) is 0 Å². The van der Waals surface area contributed by atoms with Gasteiger partial charge in [0.2, 0.25) is 5.88 Å². The molecule has 1 heterocycles. The third-order valence-corrected chi connectivity index (χ3v) is 2.61. The number of rotatable bonds is 4. The summed E-state index contributed by atoms with van der Waals surface area (Å²) in [6.45, 7) is 0.273. The molecule has 0 aliphatic carbocycles. The molecule has 20 heavy (non-hydrogen) atoms. The number of halogens is 3. The van der Waals surface area contributed by atoms with Gasteiger partial charge in [-0.3, -0.25) is 0 Å². The van der Waals surface area contributed by atoms with Crippen LogP contribution in [0.15, 0.2) is 48.7 Å². The first-order chi connectivity index (χ1) is 9.47. The second-order valence-electron chi connectivity index (χ2n) is 4.15. The Morgan fingerprint density at radius 2 is 1.80 bits per heavy atom. The number of hydrogen-bond donors (Lipinski definition) is 1. The second kappa shape index (κ2) is 5.92. The molecule has 0 radical (unpaired) electrons. The standard InChI is InChI=1S/C14H12F3NO2/c15-14(16,17)13(19)11-6-7-12(18-8-11)20-9-10-4-2-1-3-5-10/h1-8,13,19H,9H2/t13-/m1/s1. The van der Waals surface area contributed by atoms with Crippen molar-refractivity contribution >= 4 is 0 Å². The van der Waals surface area contributed by atoms with E-state index in [-0.39, 0.29) is 18.1 Å². The van der Waals surface area contributed by atoms with Crippen molar-refractivity contribution in [2.45, 2.75) is 18.9 Å². The fourth-order valence-corrected chi connectivity index (χ4v) is 1.56. The number of aliphatic hydroxyl groups is 1. The highest BCUT2D eigenvalue weighted by molar-refractivity contribution is 5.21. The van der Waals surface area contributed by atoms with Crippen molar-refractivity contribution in [1.82, 2.24) is 4.98 Å². The van der Waals surface area contributed by atoms with Gasteiger partial charge in [-0.15, -0.1) is 0 Å². The largest absolute Gasteiger partial charge is 0.473 e. The molecule has 0 saturated heterocycles. The van der Waals surface area contributed by atoms with E-state index in [1.807, 2.05) is 30.3 Å². The van der Waals surface area contributed by atoms with Gasteiger partial charge in [0.1, 0.15) is 6.61 Å². The van der Waals surface area contributed by atoms with Crippen LogP contribution in [0.5, 0.6) is 5.88 Å². The number of hydrogen-bond acceptors (Lipinski definition) is 3. The van der Waals surface area contributed by atoms with Crippen LogP contribution in [0.1, 0.15) is 17.2 Å². The first-order valence-corrected chi connectivity index (χ1v) is 5.84. The van der Waals surface area contributed by atoms with E-state index in [0.29, 0.717) is 0 Å². The molecule has 0 aliphatic rings. The highest BCUT2D eigenvalue weighted by Gasteiger charge is 2.39.